The van der Waals surface area contributed by atoms with Crippen LogP contribution >= 0.6 is 24.0 Å². The fourth-order valence-electron chi connectivity index (χ4n) is 3.69. The first-order chi connectivity index (χ1) is 11.6. The van der Waals surface area contributed by atoms with Crippen molar-refractivity contribution in [3.05, 3.63) is 0 Å². The lowest BCUT2D eigenvalue weighted by molar-refractivity contribution is -0.149. The average Bonchev–Trinajstić information content (AvgIpc) is 2.99. The SMILES string of the molecule is CCNC(=NCC1CCCC1O)NC1CCC(C(=O)OCC)CC1.I. The van der Waals surface area contributed by atoms with Crippen LogP contribution < -0.4 is 10.6 Å². The summed E-state index contributed by atoms with van der Waals surface area (Å²) in [5, 5.41) is 16.7. The molecule has 25 heavy (non-hydrogen) atoms. The fraction of sp³-hybridized carbons (Fsp3) is 0.889. The van der Waals surface area contributed by atoms with Gasteiger partial charge in [-0.25, -0.2) is 0 Å². The van der Waals surface area contributed by atoms with Crippen molar-refractivity contribution in [2.45, 2.75) is 70.9 Å². The van der Waals surface area contributed by atoms with Crippen LogP contribution in [0.4, 0.5) is 0 Å². The van der Waals surface area contributed by atoms with E-state index in [9.17, 15) is 9.90 Å². The second-order valence-electron chi connectivity index (χ2n) is 6.92. The highest BCUT2D eigenvalue weighted by atomic mass is 127. The number of carbonyl (C=O) groups excluding carboxylic acids is 1. The molecule has 6 nitrogen and oxygen atoms in total. The number of nitrogens with one attached hydrogen (secondary N) is 2. The Kier molecular flexibility index (Phi) is 10.7. The third-order valence-corrected chi connectivity index (χ3v) is 5.14. The van der Waals surface area contributed by atoms with Crippen molar-refractivity contribution in [3.8, 4) is 0 Å². The number of halogens is 1. The minimum atomic E-state index is -0.198. The van der Waals surface area contributed by atoms with Gasteiger partial charge in [0.1, 0.15) is 0 Å². The third-order valence-electron chi connectivity index (χ3n) is 5.14. The standard InChI is InChI=1S/C18H33N3O3.HI/c1-3-19-18(20-12-14-6-5-7-16(14)22)21-15-10-8-13(9-11-15)17(23)24-4-2;/h13-16,22H,3-12H2,1-2H3,(H2,19,20,21);1H. The van der Waals surface area contributed by atoms with Crippen molar-refractivity contribution < 1.29 is 14.6 Å². The monoisotopic (exact) mass is 467 g/mol. The number of hydrogen-bond acceptors (Lipinski definition) is 4. The number of nitrogens with zero attached hydrogens (tertiary/aromatic N) is 1. The second kappa shape index (κ2) is 11.9. The van der Waals surface area contributed by atoms with Gasteiger partial charge in [0.15, 0.2) is 5.96 Å². The maximum atomic E-state index is 11.8. The van der Waals surface area contributed by atoms with E-state index in [-0.39, 0.29) is 42.0 Å². The van der Waals surface area contributed by atoms with Gasteiger partial charge in [0.05, 0.1) is 18.6 Å². The van der Waals surface area contributed by atoms with Crippen molar-refractivity contribution in [1.29, 1.82) is 0 Å². The molecule has 2 fully saturated rings. The van der Waals surface area contributed by atoms with Gasteiger partial charge in [0.2, 0.25) is 0 Å². The molecule has 0 saturated heterocycles. The lowest BCUT2D eigenvalue weighted by atomic mass is 9.86. The van der Waals surface area contributed by atoms with Crippen molar-refractivity contribution in [2.75, 3.05) is 19.7 Å². The first kappa shape index (κ1) is 22.5. The summed E-state index contributed by atoms with van der Waals surface area (Å²) < 4.78 is 5.12. The van der Waals surface area contributed by atoms with Gasteiger partial charge >= 0.3 is 5.97 Å². The normalized spacial score (nSPS) is 29.6. The Balaban J connectivity index is 0.00000312. The molecule has 0 heterocycles. The van der Waals surface area contributed by atoms with Crippen LogP contribution in [0.2, 0.25) is 0 Å². The molecule has 2 rings (SSSR count). The number of aliphatic imine (C=N–C) groups is 1. The van der Waals surface area contributed by atoms with Gasteiger partial charge in [-0.1, -0.05) is 6.42 Å². The summed E-state index contributed by atoms with van der Waals surface area (Å²) in [5.41, 5.74) is 0. The Bertz CT molecular complexity index is 426. The molecule has 2 aliphatic carbocycles. The zero-order valence-electron chi connectivity index (χ0n) is 15.5. The molecule has 0 aromatic rings. The summed E-state index contributed by atoms with van der Waals surface area (Å²) in [6.07, 6.45) is 6.53. The van der Waals surface area contributed by atoms with E-state index in [0.717, 1.165) is 57.5 Å². The van der Waals surface area contributed by atoms with E-state index in [1.54, 1.807) is 0 Å². The van der Waals surface area contributed by atoms with Gasteiger partial charge in [-0.05, 0) is 52.4 Å². The molecule has 2 atom stereocenters. The van der Waals surface area contributed by atoms with Crippen molar-refractivity contribution in [1.82, 2.24) is 10.6 Å². The number of aliphatic hydroxyl groups is 1. The van der Waals surface area contributed by atoms with Crippen LogP contribution in [0, 0.1) is 11.8 Å². The summed E-state index contributed by atoms with van der Waals surface area (Å²) in [7, 11) is 0. The summed E-state index contributed by atoms with van der Waals surface area (Å²) >= 11 is 0. The van der Waals surface area contributed by atoms with Crippen LogP contribution in [0.15, 0.2) is 4.99 Å². The van der Waals surface area contributed by atoms with Gasteiger partial charge < -0.3 is 20.5 Å². The Hall–Kier alpha value is -0.570. The van der Waals surface area contributed by atoms with Crippen molar-refractivity contribution in [3.63, 3.8) is 0 Å². The number of carbonyl (C=O) groups is 1. The fourth-order valence-corrected chi connectivity index (χ4v) is 3.69. The van der Waals surface area contributed by atoms with E-state index in [1.165, 1.54) is 0 Å². The van der Waals surface area contributed by atoms with E-state index in [1.807, 2.05) is 6.92 Å². The molecule has 146 valence electrons. The number of guanidine groups is 1. The lowest BCUT2D eigenvalue weighted by Crippen LogP contribution is -2.45. The molecule has 7 heteroatoms. The maximum absolute atomic E-state index is 11.8. The topological polar surface area (TPSA) is 83.0 Å². The van der Waals surface area contributed by atoms with Crippen LogP contribution in [0.1, 0.15) is 58.8 Å². The molecule has 3 N–H and O–H groups in total. The number of aliphatic hydroxyl groups excluding tert-OH is 1. The van der Waals surface area contributed by atoms with Gasteiger partial charge in [0.25, 0.3) is 0 Å². The van der Waals surface area contributed by atoms with Crippen LogP contribution in [0.5, 0.6) is 0 Å². The molecule has 2 unspecified atom stereocenters. The Morgan fingerprint density at radius 1 is 1.16 bits per heavy atom. The Morgan fingerprint density at radius 3 is 2.44 bits per heavy atom. The highest BCUT2D eigenvalue weighted by Crippen LogP contribution is 2.26. The third kappa shape index (κ3) is 7.29. The van der Waals surface area contributed by atoms with Crippen LogP contribution in [-0.4, -0.2) is 48.9 Å². The quantitative estimate of drug-likeness (QED) is 0.242. The average molecular weight is 467 g/mol. The highest BCUT2D eigenvalue weighted by Gasteiger charge is 2.28. The van der Waals surface area contributed by atoms with E-state index >= 15 is 0 Å². The van der Waals surface area contributed by atoms with Crippen LogP contribution in [-0.2, 0) is 9.53 Å². The first-order valence-electron chi connectivity index (χ1n) is 9.53. The summed E-state index contributed by atoms with van der Waals surface area (Å²) in [4.78, 5) is 16.5. The number of rotatable bonds is 6. The predicted molar refractivity (Wildman–Crippen MR) is 110 cm³/mol. The summed E-state index contributed by atoms with van der Waals surface area (Å²) in [5.74, 6) is 1.12. The van der Waals surface area contributed by atoms with Crippen molar-refractivity contribution >= 4 is 35.9 Å². The highest BCUT2D eigenvalue weighted by molar-refractivity contribution is 14.0. The molecule has 0 aliphatic heterocycles. The molecule has 0 spiro atoms. The van der Waals surface area contributed by atoms with E-state index in [4.69, 9.17) is 4.74 Å². The lowest BCUT2D eigenvalue weighted by Gasteiger charge is -2.29. The van der Waals surface area contributed by atoms with Gasteiger partial charge in [-0.3, -0.25) is 9.79 Å². The second-order valence-corrected chi connectivity index (χ2v) is 6.92. The molecule has 0 bridgehead atoms. The largest absolute Gasteiger partial charge is 0.466 e. The molecule has 0 aromatic heterocycles. The van der Waals surface area contributed by atoms with E-state index < -0.39 is 0 Å². The molecule has 0 amide bonds. The van der Waals surface area contributed by atoms with Crippen molar-refractivity contribution in [2.24, 2.45) is 16.8 Å². The molecular formula is C18H34IN3O3. The number of esters is 1. The molecule has 2 aliphatic rings. The molecule has 0 radical (unpaired) electrons. The minimum absolute atomic E-state index is 0. The van der Waals surface area contributed by atoms with Crippen LogP contribution in [0.3, 0.4) is 0 Å². The van der Waals surface area contributed by atoms with Crippen LogP contribution in [0.25, 0.3) is 0 Å². The molecule has 0 aromatic carbocycles. The predicted octanol–water partition coefficient (Wildman–Crippen LogP) is 2.44. The zero-order valence-corrected chi connectivity index (χ0v) is 17.8. The van der Waals surface area contributed by atoms with E-state index in [0.29, 0.717) is 25.1 Å². The summed E-state index contributed by atoms with van der Waals surface area (Å²) in [6, 6.07) is 0.349. The zero-order chi connectivity index (χ0) is 17.4. The van der Waals surface area contributed by atoms with Gasteiger partial charge in [-0.2, -0.15) is 0 Å². The minimum Gasteiger partial charge on any atom is -0.466 e. The first-order valence-corrected chi connectivity index (χ1v) is 9.53. The van der Waals surface area contributed by atoms with Gasteiger partial charge in [-0.15, -0.1) is 24.0 Å². The molecular weight excluding hydrogens is 433 g/mol. The van der Waals surface area contributed by atoms with Gasteiger partial charge in [0, 0.05) is 25.0 Å². The Morgan fingerprint density at radius 2 is 1.88 bits per heavy atom. The molecule has 2 saturated carbocycles. The smallest absolute Gasteiger partial charge is 0.308 e. The number of ether oxygens (including phenoxy) is 1. The summed E-state index contributed by atoms with van der Waals surface area (Å²) in [6.45, 7) is 5.86. The maximum Gasteiger partial charge on any atom is 0.308 e. The van der Waals surface area contributed by atoms with E-state index in [2.05, 4.69) is 22.5 Å². The Labute approximate surface area is 168 Å². The number of hydrogen-bond donors (Lipinski definition) is 3.